The maximum Gasteiger partial charge on any atom is 0.191 e. The minimum Gasteiger partial charge on any atom is -0.493 e. The minimum absolute atomic E-state index is 0.261. The van der Waals surface area contributed by atoms with Gasteiger partial charge >= 0.3 is 0 Å². The molecule has 0 bridgehead atoms. The van der Waals surface area contributed by atoms with E-state index in [2.05, 4.69) is 26.7 Å². The zero-order valence-electron chi connectivity index (χ0n) is 17.1. The predicted molar refractivity (Wildman–Crippen MR) is 111 cm³/mol. The van der Waals surface area contributed by atoms with Gasteiger partial charge in [0.2, 0.25) is 0 Å². The highest BCUT2D eigenvalue weighted by Crippen LogP contribution is 2.23. The van der Waals surface area contributed by atoms with E-state index in [0.29, 0.717) is 37.3 Å². The Morgan fingerprint density at radius 3 is 3.00 bits per heavy atom. The second kappa shape index (κ2) is 10.8. The minimum atomic E-state index is -0.332. The number of rotatable bonds is 8. The van der Waals surface area contributed by atoms with Gasteiger partial charge in [-0.1, -0.05) is 12.1 Å². The lowest BCUT2D eigenvalue weighted by molar-refractivity contribution is 0.166. The molecule has 0 radical (unpaired) electrons. The fourth-order valence-corrected chi connectivity index (χ4v) is 3.07. The number of pyridine rings is 1. The first-order valence-corrected chi connectivity index (χ1v) is 10.1. The number of hydrogen-bond acceptors (Lipinski definition) is 4. The highest BCUT2D eigenvalue weighted by molar-refractivity contribution is 5.79. The maximum atomic E-state index is 13.8. The van der Waals surface area contributed by atoms with Crippen molar-refractivity contribution in [3.63, 3.8) is 0 Å². The lowest BCUT2D eigenvalue weighted by atomic mass is 10.1. The van der Waals surface area contributed by atoms with E-state index in [4.69, 9.17) is 9.47 Å². The number of hydrogen-bond donors (Lipinski definition) is 2. The topological polar surface area (TPSA) is 67.8 Å². The van der Waals surface area contributed by atoms with Crippen LogP contribution in [0.1, 0.15) is 30.2 Å². The van der Waals surface area contributed by atoms with Crippen LogP contribution in [0.15, 0.2) is 41.5 Å². The van der Waals surface area contributed by atoms with Gasteiger partial charge in [-0.3, -0.25) is 4.98 Å². The van der Waals surface area contributed by atoms with E-state index in [0.717, 1.165) is 36.5 Å². The van der Waals surface area contributed by atoms with E-state index >= 15 is 0 Å². The number of aromatic nitrogens is 1. The van der Waals surface area contributed by atoms with E-state index in [-0.39, 0.29) is 12.4 Å². The smallest absolute Gasteiger partial charge is 0.191 e. The van der Waals surface area contributed by atoms with Crippen LogP contribution in [0.4, 0.5) is 4.39 Å². The van der Waals surface area contributed by atoms with Crippen molar-refractivity contribution < 1.29 is 13.9 Å². The van der Waals surface area contributed by atoms with Crippen molar-refractivity contribution in [3.05, 3.63) is 59.2 Å². The molecule has 1 aromatic carbocycles. The number of nitrogens with zero attached hydrogens (tertiary/aromatic N) is 2. The summed E-state index contributed by atoms with van der Waals surface area (Å²) in [6.45, 7) is 7.68. The Labute approximate surface area is 171 Å². The van der Waals surface area contributed by atoms with Crippen LogP contribution >= 0.6 is 0 Å². The van der Waals surface area contributed by atoms with E-state index < -0.39 is 0 Å². The highest BCUT2D eigenvalue weighted by atomic mass is 19.1. The summed E-state index contributed by atoms with van der Waals surface area (Å²) in [5.74, 6) is 1.57. The number of halogens is 1. The summed E-state index contributed by atoms with van der Waals surface area (Å²) in [6.07, 6.45) is 2.62. The van der Waals surface area contributed by atoms with Gasteiger partial charge < -0.3 is 20.1 Å². The third kappa shape index (κ3) is 6.42. The third-order valence-corrected chi connectivity index (χ3v) is 4.73. The van der Waals surface area contributed by atoms with Crippen molar-refractivity contribution in [3.8, 4) is 5.75 Å². The van der Waals surface area contributed by atoms with Crippen molar-refractivity contribution in [2.24, 2.45) is 10.9 Å². The van der Waals surface area contributed by atoms with Crippen molar-refractivity contribution >= 4 is 5.96 Å². The number of aryl methyl sites for hydroxylation is 1. The van der Waals surface area contributed by atoms with Gasteiger partial charge in [-0.05, 0) is 44.0 Å². The van der Waals surface area contributed by atoms with E-state index in [9.17, 15) is 4.39 Å². The third-order valence-electron chi connectivity index (χ3n) is 4.73. The van der Waals surface area contributed by atoms with Gasteiger partial charge in [0.25, 0.3) is 0 Å². The van der Waals surface area contributed by atoms with Crippen LogP contribution < -0.4 is 15.4 Å². The van der Waals surface area contributed by atoms with Crippen molar-refractivity contribution in [1.29, 1.82) is 0 Å². The molecule has 0 aliphatic carbocycles. The average Bonchev–Trinajstić information content (AvgIpc) is 3.24. The van der Waals surface area contributed by atoms with Crippen LogP contribution in [-0.2, 0) is 17.8 Å². The molecule has 0 amide bonds. The van der Waals surface area contributed by atoms with E-state index in [1.54, 1.807) is 12.3 Å². The molecule has 2 aromatic rings. The van der Waals surface area contributed by atoms with Crippen LogP contribution in [0.5, 0.6) is 5.75 Å². The molecule has 6 nitrogen and oxygen atoms in total. The summed E-state index contributed by atoms with van der Waals surface area (Å²) in [5.41, 5.74) is 2.51. The first-order valence-electron chi connectivity index (χ1n) is 10.1. The van der Waals surface area contributed by atoms with Crippen LogP contribution in [0.2, 0.25) is 0 Å². The van der Waals surface area contributed by atoms with Gasteiger partial charge in [0.1, 0.15) is 11.6 Å². The molecule has 29 heavy (non-hydrogen) atoms. The second-order valence-electron chi connectivity index (χ2n) is 7.13. The molecule has 156 valence electrons. The number of aliphatic imine (C=N–C) groups is 1. The fourth-order valence-electron chi connectivity index (χ4n) is 3.07. The number of nitrogens with one attached hydrogen (secondary N) is 2. The largest absolute Gasteiger partial charge is 0.493 e. The standard InChI is InChI=1S/C22H29FN4O2/c1-3-24-22(27-13-20-19(23)5-4-9-25-20)26-12-18-7-6-16(2)11-21(18)29-15-17-8-10-28-14-17/h4-7,9,11,17H,3,8,10,12-15H2,1-2H3,(H2,24,26,27). The summed E-state index contributed by atoms with van der Waals surface area (Å²) in [6, 6.07) is 9.12. The normalized spacial score (nSPS) is 16.7. The first-order chi connectivity index (χ1) is 14.2. The monoisotopic (exact) mass is 400 g/mol. The molecule has 1 saturated heterocycles. The molecule has 1 fully saturated rings. The van der Waals surface area contributed by atoms with E-state index in [1.807, 2.05) is 26.0 Å². The van der Waals surface area contributed by atoms with Gasteiger partial charge in [-0.25, -0.2) is 9.38 Å². The quantitative estimate of drug-likeness (QED) is 0.526. The van der Waals surface area contributed by atoms with Gasteiger partial charge in [-0.15, -0.1) is 0 Å². The molecule has 7 heteroatoms. The zero-order valence-corrected chi connectivity index (χ0v) is 17.1. The lowest BCUT2D eigenvalue weighted by Crippen LogP contribution is -2.37. The lowest BCUT2D eigenvalue weighted by Gasteiger charge is -2.15. The number of guanidine groups is 1. The molecule has 0 saturated carbocycles. The number of benzene rings is 1. The maximum absolute atomic E-state index is 13.8. The van der Waals surface area contributed by atoms with E-state index in [1.165, 1.54) is 6.07 Å². The molecule has 1 aliphatic heterocycles. The van der Waals surface area contributed by atoms with Gasteiger partial charge in [0, 0.05) is 30.8 Å². The molecule has 3 rings (SSSR count). The van der Waals surface area contributed by atoms with Gasteiger partial charge in [-0.2, -0.15) is 0 Å². The Kier molecular flexibility index (Phi) is 7.81. The van der Waals surface area contributed by atoms with Crippen LogP contribution in [0.25, 0.3) is 0 Å². The molecule has 1 atom stereocenters. The van der Waals surface area contributed by atoms with Crippen molar-refractivity contribution in [2.45, 2.75) is 33.4 Å². The number of ether oxygens (including phenoxy) is 2. The molecule has 2 N–H and O–H groups in total. The van der Waals surface area contributed by atoms with Crippen LogP contribution in [0.3, 0.4) is 0 Å². The van der Waals surface area contributed by atoms with Crippen molar-refractivity contribution in [1.82, 2.24) is 15.6 Å². The Balaban J connectivity index is 1.65. The fraction of sp³-hybridized carbons (Fsp3) is 0.455. The summed E-state index contributed by atoms with van der Waals surface area (Å²) in [7, 11) is 0. The van der Waals surface area contributed by atoms with Crippen LogP contribution in [0, 0.1) is 18.7 Å². The summed E-state index contributed by atoms with van der Waals surface area (Å²) < 4.78 is 25.3. The average molecular weight is 400 g/mol. The zero-order chi connectivity index (χ0) is 20.5. The Morgan fingerprint density at radius 1 is 1.34 bits per heavy atom. The Morgan fingerprint density at radius 2 is 2.24 bits per heavy atom. The summed E-state index contributed by atoms with van der Waals surface area (Å²) in [4.78, 5) is 8.70. The molecule has 0 spiro atoms. The molecular formula is C22H29FN4O2. The Hall–Kier alpha value is -2.67. The molecule has 2 heterocycles. The molecule has 1 aromatic heterocycles. The Bertz CT molecular complexity index is 822. The highest BCUT2D eigenvalue weighted by Gasteiger charge is 2.17. The second-order valence-corrected chi connectivity index (χ2v) is 7.13. The van der Waals surface area contributed by atoms with Gasteiger partial charge in [0.05, 0.1) is 32.0 Å². The van der Waals surface area contributed by atoms with Crippen LogP contribution in [-0.4, -0.2) is 37.3 Å². The SMILES string of the molecule is CCNC(=NCc1ccc(C)cc1OCC1CCOC1)NCc1ncccc1F. The van der Waals surface area contributed by atoms with Crippen molar-refractivity contribution in [2.75, 3.05) is 26.4 Å². The summed E-state index contributed by atoms with van der Waals surface area (Å²) in [5, 5.41) is 6.32. The van der Waals surface area contributed by atoms with Gasteiger partial charge in [0.15, 0.2) is 5.96 Å². The summed E-state index contributed by atoms with van der Waals surface area (Å²) >= 11 is 0. The first kappa shape index (κ1) is 21.0. The predicted octanol–water partition coefficient (Wildman–Crippen LogP) is 3.20. The molecule has 1 unspecified atom stereocenters. The molecule has 1 aliphatic rings. The molecular weight excluding hydrogens is 371 g/mol.